The average Bonchev–Trinajstić information content (AvgIpc) is 3.50. The van der Waals surface area contributed by atoms with Crippen molar-refractivity contribution in [2.45, 2.75) is 22.2 Å². The summed E-state index contributed by atoms with van der Waals surface area (Å²) in [5.41, 5.74) is 2.45. The number of methoxy groups -OCH3 is 1. The molecule has 0 fully saturated rings. The standard InChI is InChI=1S/C28H27N3O6S3/c1-36-16-17-37-26-10-5-9-25(28(26)39(32,33)30-21-29)24-14-12-23(13-15-24)20-31(19-22-7-3-2-4-8-22)40(34,35)27-11-6-18-38-27/h2-15,18,30H,16-17,19-20H2,1H3. The van der Waals surface area contributed by atoms with Crippen LogP contribution < -0.4 is 9.46 Å². The molecule has 4 rings (SSSR count). The van der Waals surface area contributed by atoms with Crippen molar-refractivity contribution in [1.29, 1.82) is 5.26 Å². The molecule has 1 aromatic heterocycles. The van der Waals surface area contributed by atoms with Crippen LogP contribution in [0.3, 0.4) is 0 Å². The molecule has 0 radical (unpaired) electrons. The summed E-state index contributed by atoms with van der Waals surface area (Å²) >= 11 is 1.16. The maximum Gasteiger partial charge on any atom is 0.274 e. The number of nitrogens with one attached hydrogen (secondary N) is 1. The molecule has 0 spiro atoms. The van der Waals surface area contributed by atoms with Crippen molar-refractivity contribution in [3.8, 4) is 23.1 Å². The fourth-order valence-electron chi connectivity index (χ4n) is 4.02. The molecule has 9 nitrogen and oxygen atoms in total. The minimum Gasteiger partial charge on any atom is -0.490 e. The lowest BCUT2D eigenvalue weighted by molar-refractivity contribution is 0.144. The van der Waals surface area contributed by atoms with Crippen LogP contribution in [0.15, 0.2) is 99.4 Å². The van der Waals surface area contributed by atoms with E-state index in [-0.39, 0.29) is 41.2 Å². The minimum absolute atomic E-state index is 0.0810. The predicted octanol–water partition coefficient (Wildman–Crippen LogP) is 4.59. The monoisotopic (exact) mass is 597 g/mol. The summed E-state index contributed by atoms with van der Waals surface area (Å²) in [4.78, 5) is -0.175. The molecule has 0 aliphatic rings. The van der Waals surface area contributed by atoms with Gasteiger partial charge in [-0.05, 0) is 34.2 Å². The van der Waals surface area contributed by atoms with Gasteiger partial charge in [-0.25, -0.2) is 21.6 Å². The number of hydrogen-bond donors (Lipinski definition) is 1. The fourth-order valence-corrected chi connectivity index (χ4v) is 7.67. The Kier molecular flexibility index (Phi) is 9.57. The highest BCUT2D eigenvalue weighted by Gasteiger charge is 2.27. The van der Waals surface area contributed by atoms with Gasteiger partial charge in [-0.3, -0.25) is 0 Å². The highest BCUT2D eigenvalue weighted by molar-refractivity contribution is 7.91. The van der Waals surface area contributed by atoms with Gasteiger partial charge in [0, 0.05) is 25.8 Å². The van der Waals surface area contributed by atoms with E-state index in [0.29, 0.717) is 16.7 Å². The van der Waals surface area contributed by atoms with Gasteiger partial charge in [0.25, 0.3) is 20.0 Å². The van der Waals surface area contributed by atoms with Crippen LogP contribution in [0.4, 0.5) is 0 Å². The van der Waals surface area contributed by atoms with Gasteiger partial charge in [0.05, 0.1) is 6.61 Å². The molecule has 0 amide bonds. The van der Waals surface area contributed by atoms with Crippen molar-refractivity contribution in [3.05, 3.63) is 101 Å². The van der Waals surface area contributed by atoms with Crippen LogP contribution in [0.1, 0.15) is 11.1 Å². The van der Waals surface area contributed by atoms with Crippen LogP contribution in [-0.2, 0) is 37.9 Å². The van der Waals surface area contributed by atoms with Gasteiger partial charge in [-0.2, -0.15) is 9.57 Å². The van der Waals surface area contributed by atoms with Crippen LogP contribution in [-0.4, -0.2) is 41.5 Å². The summed E-state index contributed by atoms with van der Waals surface area (Å²) in [6.45, 7) is 0.657. The lowest BCUT2D eigenvalue weighted by Gasteiger charge is -2.22. The molecule has 1 heterocycles. The van der Waals surface area contributed by atoms with E-state index in [9.17, 15) is 16.8 Å². The number of nitriles is 1. The van der Waals surface area contributed by atoms with E-state index in [1.54, 1.807) is 53.9 Å². The smallest absolute Gasteiger partial charge is 0.274 e. The fraction of sp³-hybridized carbons (Fsp3) is 0.179. The zero-order chi connectivity index (χ0) is 28.6. The van der Waals surface area contributed by atoms with Gasteiger partial charge >= 0.3 is 0 Å². The largest absolute Gasteiger partial charge is 0.490 e. The minimum atomic E-state index is -4.23. The van der Waals surface area contributed by atoms with Crippen molar-refractivity contribution < 1.29 is 26.3 Å². The lowest BCUT2D eigenvalue weighted by atomic mass is 10.0. The number of sulfonamides is 2. The Morgan fingerprint density at radius 2 is 1.55 bits per heavy atom. The second kappa shape index (κ2) is 13.1. The van der Waals surface area contributed by atoms with Crippen LogP contribution in [0.5, 0.6) is 5.75 Å². The second-order valence-electron chi connectivity index (χ2n) is 8.58. The first-order valence-corrected chi connectivity index (χ1v) is 15.9. The van der Waals surface area contributed by atoms with Crippen LogP contribution in [0, 0.1) is 11.5 Å². The van der Waals surface area contributed by atoms with Gasteiger partial charge in [0.1, 0.15) is 21.5 Å². The van der Waals surface area contributed by atoms with Gasteiger partial charge in [0.2, 0.25) is 0 Å². The third kappa shape index (κ3) is 6.88. The summed E-state index contributed by atoms with van der Waals surface area (Å²) < 4.78 is 67.1. The molecule has 0 unspecified atom stereocenters. The molecule has 0 saturated heterocycles. The average molecular weight is 598 g/mol. The lowest BCUT2D eigenvalue weighted by Crippen LogP contribution is -2.29. The van der Waals surface area contributed by atoms with Crippen LogP contribution >= 0.6 is 11.3 Å². The molecule has 0 saturated carbocycles. The molecular formula is C28H27N3O6S3. The number of thiophene rings is 1. The normalized spacial score (nSPS) is 11.7. The van der Waals surface area contributed by atoms with E-state index >= 15 is 0 Å². The van der Waals surface area contributed by atoms with E-state index < -0.39 is 20.0 Å². The predicted molar refractivity (Wildman–Crippen MR) is 152 cm³/mol. The van der Waals surface area contributed by atoms with Gasteiger partial charge in [-0.15, -0.1) is 11.3 Å². The Bertz CT molecular complexity index is 1670. The van der Waals surface area contributed by atoms with E-state index in [2.05, 4.69) is 0 Å². The third-order valence-electron chi connectivity index (χ3n) is 5.89. The van der Waals surface area contributed by atoms with E-state index in [1.807, 2.05) is 35.1 Å². The van der Waals surface area contributed by atoms with Crippen molar-refractivity contribution >= 4 is 31.4 Å². The highest BCUT2D eigenvalue weighted by atomic mass is 32.2. The Hall–Kier alpha value is -3.73. The van der Waals surface area contributed by atoms with E-state index in [1.165, 1.54) is 23.7 Å². The Balaban J connectivity index is 1.68. The summed E-state index contributed by atoms with van der Waals surface area (Å²) in [7, 11) is -6.48. The highest BCUT2D eigenvalue weighted by Crippen LogP contribution is 2.35. The van der Waals surface area contributed by atoms with E-state index in [0.717, 1.165) is 16.9 Å². The molecule has 0 atom stereocenters. The topological polar surface area (TPSA) is 126 Å². The van der Waals surface area contributed by atoms with E-state index in [4.69, 9.17) is 14.7 Å². The number of nitrogens with zero attached hydrogens (tertiary/aromatic N) is 2. The number of hydrogen-bond acceptors (Lipinski definition) is 8. The SMILES string of the molecule is COCCOc1cccc(-c2ccc(CN(Cc3ccccc3)S(=O)(=O)c3cccs3)cc2)c1S(=O)(=O)NC#N. The Morgan fingerprint density at radius 1 is 0.850 bits per heavy atom. The summed E-state index contributed by atoms with van der Waals surface area (Å²) in [5.74, 6) is 0.0810. The Morgan fingerprint density at radius 3 is 2.17 bits per heavy atom. The molecule has 3 aromatic carbocycles. The second-order valence-corrected chi connectivity index (χ2v) is 13.3. The first kappa shape index (κ1) is 29.3. The Labute approximate surface area is 238 Å². The number of rotatable bonds is 13. The number of ether oxygens (including phenoxy) is 2. The number of benzene rings is 3. The van der Waals surface area contributed by atoms with Gasteiger partial charge in [-0.1, -0.05) is 72.8 Å². The van der Waals surface area contributed by atoms with Crippen molar-refractivity contribution in [1.82, 2.24) is 9.03 Å². The third-order valence-corrected chi connectivity index (χ3v) is 10.4. The molecule has 0 aliphatic heterocycles. The van der Waals surface area contributed by atoms with Crippen molar-refractivity contribution in [2.75, 3.05) is 20.3 Å². The van der Waals surface area contributed by atoms with Crippen LogP contribution in [0.25, 0.3) is 11.1 Å². The molecule has 208 valence electrons. The molecule has 40 heavy (non-hydrogen) atoms. The summed E-state index contributed by atoms with van der Waals surface area (Å²) in [5, 5.41) is 10.8. The molecule has 12 heteroatoms. The summed E-state index contributed by atoms with van der Waals surface area (Å²) in [6, 6.07) is 24.4. The van der Waals surface area contributed by atoms with Gasteiger partial charge in [0.15, 0.2) is 6.19 Å². The molecule has 0 bridgehead atoms. The zero-order valence-electron chi connectivity index (χ0n) is 21.6. The first-order valence-electron chi connectivity index (χ1n) is 12.1. The van der Waals surface area contributed by atoms with Crippen molar-refractivity contribution in [3.63, 3.8) is 0 Å². The molecule has 4 aromatic rings. The molecule has 0 aliphatic carbocycles. The molecular weight excluding hydrogens is 571 g/mol. The quantitative estimate of drug-likeness (QED) is 0.136. The molecule has 1 N–H and O–H groups in total. The maximum atomic E-state index is 13.5. The zero-order valence-corrected chi connectivity index (χ0v) is 24.0. The van der Waals surface area contributed by atoms with Gasteiger partial charge < -0.3 is 9.47 Å². The first-order chi connectivity index (χ1) is 19.3. The van der Waals surface area contributed by atoms with Crippen LogP contribution in [0.2, 0.25) is 0 Å². The summed E-state index contributed by atoms with van der Waals surface area (Å²) in [6.07, 6.45) is 1.48. The van der Waals surface area contributed by atoms with Crippen molar-refractivity contribution in [2.24, 2.45) is 0 Å². The maximum absolute atomic E-state index is 13.5.